The van der Waals surface area contributed by atoms with Crippen LogP contribution in [0.3, 0.4) is 0 Å². The molecule has 0 aliphatic rings. The number of hydrogen-bond acceptors (Lipinski definition) is 6. The fourth-order valence-corrected chi connectivity index (χ4v) is 7.62. The van der Waals surface area contributed by atoms with Gasteiger partial charge in [0.15, 0.2) is 6.10 Å². The van der Waals surface area contributed by atoms with E-state index in [9.17, 15) is 14.4 Å². The number of carbonyl (C=O) groups excluding carboxylic acids is 3. The Bertz CT molecular complexity index is 1230. The van der Waals surface area contributed by atoms with Crippen LogP contribution in [0.5, 0.6) is 0 Å². The van der Waals surface area contributed by atoms with Gasteiger partial charge in [0, 0.05) is 19.3 Å². The Labute approximate surface area is 402 Å². The molecule has 374 valence electrons. The molecule has 0 aromatic rings. The molecule has 0 aromatic carbocycles. The predicted octanol–water partition coefficient (Wildman–Crippen LogP) is 18.2. The van der Waals surface area contributed by atoms with Crippen LogP contribution >= 0.6 is 0 Å². The molecule has 1 atom stereocenters. The van der Waals surface area contributed by atoms with Gasteiger partial charge in [-0.2, -0.15) is 0 Å². The van der Waals surface area contributed by atoms with Crippen LogP contribution in [0.4, 0.5) is 0 Å². The molecule has 1 unspecified atom stereocenters. The molecule has 0 aliphatic heterocycles. The topological polar surface area (TPSA) is 78.9 Å². The summed E-state index contributed by atoms with van der Waals surface area (Å²) in [5, 5.41) is 0. The number of esters is 3. The third kappa shape index (κ3) is 51.7. The second kappa shape index (κ2) is 53.5. The van der Waals surface area contributed by atoms with Crippen LogP contribution < -0.4 is 0 Å². The Morgan fingerprint density at radius 2 is 0.615 bits per heavy atom. The predicted molar refractivity (Wildman–Crippen MR) is 279 cm³/mol. The van der Waals surface area contributed by atoms with Crippen molar-refractivity contribution in [3.63, 3.8) is 0 Å². The average molecular weight is 907 g/mol. The maximum absolute atomic E-state index is 12.8. The van der Waals surface area contributed by atoms with Crippen molar-refractivity contribution in [3.05, 3.63) is 72.9 Å². The van der Waals surface area contributed by atoms with E-state index in [2.05, 4.69) is 63.3 Å². The first-order chi connectivity index (χ1) is 32.0. The van der Waals surface area contributed by atoms with Gasteiger partial charge in [0.25, 0.3) is 0 Å². The van der Waals surface area contributed by atoms with Crippen LogP contribution in [0.15, 0.2) is 72.9 Å². The van der Waals surface area contributed by atoms with E-state index in [1.807, 2.05) is 30.4 Å². The van der Waals surface area contributed by atoms with E-state index in [1.165, 1.54) is 154 Å². The van der Waals surface area contributed by atoms with Gasteiger partial charge in [-0.05, 0) is 89.9 Å². The lowest BCUT2D eigenvalue weighted by atomic mass is 10.1. The molecule has 0 saturated carbocycles. The summed E-state index contributed by atoms with van der Waals surface area (Å²) in [4.78, 5) is 38.1. The molecule has 0 spiro atoms. The molecule has 0 fully saturated rings. The summed E-state index contributed by atoms with van der Waals surface area (Å²) in [6.07, 6.45) is 67.5. The largest absolute Gasteiger partial charge is 0.462 e. The summed E-state index contributed by atoms with van der Waals surface area (Å²) in [6, 6.07) is 0. The molecule has 0 heterocycles. The second-order valence-corrected chi connectivity index (χ2v) is 18.2. The minimum absolute atomic E-state index is 0.0918. The summed E-state index contributed by atoms with van der Waals surface area (Å²) < 4.78 is 16.8. The SMILES string of the molecule is CC\C=C/C=C\C=C/C=C\CCCCCC(=O)OCC(COC(=O)CCCCCCCCC/C=C\CCCCCCCC)OC(=O)CCCCCCCCC/C=C\CCCCCCCC. The Morgan fingerprint density at radius 3 is 1.00 bits per heavy atom. The zero-order chi connectivity index (χ0) is 47.2. The van der Waals surface area contributed by atoms with Gasteiger partial charge in [-0.15, -0.1) is 0 Å². The molecular weight excluding hydrogens is 805 g/mol. The fourth-order valence-electron chi connectivity index (χ4n) is 7.62. The number of unbranched alkanes of at least 4 members (excludes halogenated alkanes) is 29. The summed E-state index contributed by atoms with van der Waals surface area (Å²) in [5.74, 6) is -0.936. The Balaban J connectivity index is 4.42. The fraction of sp³-hybridized carbons (Fsp3) is 0.746. The van der Waals surface area contributed by atoms with Gasteiger partial charge in [0.2, 0.25) is 0 Å². The van der Waals surface area contributed by atoms with Crippen molar-refractivity contribution in [2.24, 2.45) is 0 Å². The highest BCUT2D eigenvalue weighted by atomic mass is 16.6. The minimum Gasteiger partial charge on any atom is -0.462 e. The molecule has 6 heteroatoms. The van der Waals surface area contributed by atoms with Gasteiger partial charge in [-0.25, -0.2) is 0 Å². The van der Waals surface area contributed by atoms with Crippen molar-refractivity contribution in [3.8, 4) is 0 Å². The summed E-state index contributed by atoms with van der Waals surface area (Å²) >= 11 is 0. The highest BCUT2D eigenvalue weighted by Gasteiger charge is 2.19. The average Bonchev–Trinajstić information content (AvgIpc) is 3.30. The summed E-state index contributed by atoms with van der Waals surface area (Å²) in [5.41, 5.74) is 0. The quantitative estimate of drug-likeness (QED) is 0.0199. The van der Waals surface area contributed by atoms with Crippen molar-refractivity contribution >= 4 is 17.9 Å². The molecule has 0 radical (unpaired) electrons. The third-order valence-corrected chi connectivity index (χ3v) is 11.8. The number of hydrogen-bond donors (Lipinski definition) is 0. The number of carbonyl (C=O) groups is 3. The first kappa shape index (κ1) is 61.9. The van der Waals surface area contributed by atoms with Gasteiger partial charge in [-0.1, -0.05) is 229 Å². The highest BCUT2D eigenvalue weighted by Crippen LogP contribution is 2.15. The van der Waals surface area contributed by atoms with Crippen molar-refractivity contribution in [1.82, 2.24) is 0 Å². The molecule has 0 N–H and O–H groups in total. The van der Waals surface area contributed by atoms with E-state index in [1.54, 1.807) is 0 Å². The first-order valence-electron chi connectivity index (χ1n) is 27.5. The molecule has 0 amide bonds. The molecular formula is C59H102O6. The summed E-state index contributed by atoms with van der Waals surface area (Å²) in [7, 11) is 0. The minimum atomic E-state index is -0.795. The Morgan fingerprint density at radius 1 is 0.323 bits per heavy atom. The van der Waals surface area contributed by atoms with Crippen molar-refractivity contribution < 1.29 is 28.6 Å². The van der Waals surface area contributed by atoms with E-state index in [0.717, 1.165) is 70.6 Å². The Kier molecular flexibility index (Phi) is 50.9. The normalized spacial score (nSPS) is 12.6. The lowest BCUT2D eigenvalue weighted by Gasteiger charge is -2.18. The van der Waals surface area contributed by atoms with Crippen molar-refractivity contribution in [2.75, 3.05) is 13.2 Å². The third-order valence-electron chi connectivity index (χ3n) is 11.8. The van der Waals surface area contributed by atoms with E-state index < -0.39 is 6.10 Å². The van der Waals surface area contributed by atoms with Gasteiger partial charge < -0.3 is 14.2 Å². The van der Waals surface area contributed by atoms with E-state index in [-0.39, 0.29) is 31.1 Å². The van der Waals surface area contributed by atoms with Crippen LogP contribution in [-0.4, -0.2) is 37.2 Å². The molecule has 0 aromatic heterocycles. The van der Waals surface area contributed by atoms with E-state index in [0.29, 0.717) is 19.3 Å². The van der Waals surface area contributed by atoms with E-state index >= 15 is 0 Å². The number of rotatable bonds is 49. The maximum Gasteiger partial charge on any atom is 0.306 e. The molecule has 0 bridgehead atoms. The van der Waals surface area contributed by atoms with Crippen molar-refractivity contribution in [2.45, 2.75) is 271 Å². The maximum atomic E-state index is 12.8. The number of allylic oxidation sites excluding steroid dienone is 12. The second-order valence-electron chi connectivity index (χ2n) is 18.2. The van der Waals surface area contributed by atoms with Crippen LogP contribution in [0, 0.1) is 0 Å². The van der Waals surface area contributed by atoms with Gasteiger partial charge in [-0.3, -0.25) is 14.4 Å². The monoisotopic (exact) mass is 907 g/mol. The molecule has 65 heavy (non-hydrogen) atoms. The van der Waals surface area contributed by atoms with Gasteiger partial charge in [0.1, 0.15) is 13.2 Å². The smallest absolute Gasteiger partial charge is 0.306 e. The van der Waals surface area contributed by atoms with Crippen LogP contribution in [0.1, 0.15) is 265 Å². The standard InChI is InChI=1S/C59H102O6/c1-4-7-10-13-16-19-22-25-27-29-31-34-37-40-43-46-49-52-58(61)64-55-56(54-63-57(60)51-48-45-42-39-36-33-24-21-18-15-12-9-6-3)65-59(62)53-50-47-44-41-38-35-32-30-28-26-23-20-17-14-11-8-5-2/h9,12,15,18,21,24-28,33,36,56H,4-8,10-11,13-14,16-17,19-20,22-23,29-32,34-35,37-55H2,1-3H3/b12-9-,18-15-,24-21-,27-25-,28-26-,36-33-. The lowest BCUT2D eigenvalue weighted by Crippen LogP contribution is -2.30. The van der Waals surface area contributed by atoms with Gasteiger partial charge >= 0.3 is 17.9 Å². The van der Waals surface area contributed by atoms with Crippen LogP contribution in [0.25, 0.3) is 0 Å². The molecule has 6 nitrogen and oxygen atoms in total. The lowest BCUT2D eigenvalue weighted by molar-refractivity contribution is -0.167. The van der Waals surface area contributed by atoms with Crippen LogP contribution in [0.2, 0.25) is 0 Å². The van der Waals surface area contributed by atoms with E-state index in [4.69, 9.17) is 14.2 Å². The number of ether oxygens (including phenoxy) is 3. The van der Waals surface area contributed by atoms with Gasteiger partial charge in [0.05, 0.1) is 0 Å². The zero-order valence-corrected chi connectivity index (χ0v) is 42.7. The summed E-state index contributed by atoms with van der Waals surface area (Å²) in [6.45, 7) is 6.46. The molecule has 0 aliphatic carbocycles. The molecule has 0 rings (SSSR count). The van der Waals surface area contributed by atoms with Crippen LogP contribution in [-0.2, 0) is 28.6 Å². The first-order valence-corrected chi connectivity index (χ1v) is 27.5. The van der Waals surface area contributed by atoms with Crippen molar-refractivity contribution in [1.29, 1.82) is 0 Å². The molecule has 0 saturated heterocycles. The Hall–Kier alpha value is -3.15. The highest BCUT2D eigenvalue weighted by molar-refractivity contribution is 5.71. The zero-order valence-electron chi connectivity index (χ0n) is 42.7.